The molecule has 25 heavy (non-hydrogen) atoms. The lowest BCUT2D eigenvalue weighted by Gasteiger charge is -2.17. The normalized spacial score (nSPS) is 10.3. The molecular formula is C19H21N3O2S. The van der Waals surface area contributed by atoms with Crippen LogP contribution in [-0.2, 0) is 4.79 Å². The first-order valence-corrected chi connectivity index (χ1v) is 8.92. The maximum absolute atomic E-state index is 12.2. The van der Waals surface area contributed by atoms with E-state index in [-0.39, 0.29) is 12.5 Å². The van der Waals surface area contributed by atoms with Crippen LogP contribution in [0.1, 0.15) is 0 Å². The second kappa shape index (κ2) is 10.4. The Morgan fingerprint density at radius 2 is 1.92 bits per heavy atom. The number of hydrogen-bond acceptors (Lipinski definition) is 5. The van der Waals surface area contributed by atoms with Crippen LogP contribution in [0.5, 0.6) is 5.75 Å². The summed E-state index contributed by atoms with van der Waals surface area (Å²) in [5.74, 6) is 1.08. The minimum atomic E-state index is -0.0905. The minimum absolute atomic E-state index is 0.0905. The second-order valence-electron chi connectivity index (χ2n) is 5.39. The summed E-state index contributed by atoms with van der Waals surface area (Å²) in [6, 6.07) is 19.2. The third-order valence-electron chi connectivity index (χ3n) is 3.35. The van der Waals surface area contributed by atoms with E-state index in [1.807, 2.05) is 66.5 Å². The molecule has 2 aromatic carbocycles. The number of benzene rings is 2. The predicted molar refractivity (Wildman–Crippen MR) is 101 cm³/mol. The Kier molecular flexibility index (Phi) is 7.83. The molecule has 2 rings (SSSR count). The van der Waals surface area contributed by atoms with Crippen molar-refractivity contribution in [1.82, 2.24) is 4.90 Å². The van der Waals surface area contributed by atoms with Gasteiger partial charge in [0, 0.05) is 11.4 Å². The maximum Gasteiger partial charge on any atom is 0.238 e. The van der Waals surface area contributed by atoms with Crippen molar-refractivity contribution in [3.63, 3.8) is 0 Å². The highest BCUT2D eigenvalue weighted by atomic mass is 32.2. The molecule has 0 fully saturated rings. The van der Waals surface area contributed by atoms with Crippen molar-refractivity contribution in [2.75, 3.05) is 37.8 Å². The number of nitrogens with zero attached hydrogens (tertiary/aromatic N) is 2. The Balaban J connectivity index is 1.77. The summed E-state index contributed by atoms with van der Waals surface area (Å²) in [4.78, 5) is 15.0. The van der Waals surface area contributed by atoms with E-state index in [2.05, 4.69) is 11.4 Å². The van der Waals surface area contributed by atoms with Crippen LogP contribution in [0.25, 0.3) is 0 Å². The van der Waals surface area contributed by atoms with Crippen LogP contribution in [0.2, 0.25) is 0 Å². The van der Waals surface area contributed by atoms with E-state index in [9.17, 15) is 4.79 Å². The van der Waals surface area contributed by atoms with Gasteiger partial charge in [-0.25, -0.2) is 0 Å². The fourth-order valence-electron chi connectivity index (χ4n) is 2.16. The number of carbonyl (C=O) groups is 1. The number of carbonyl (C=O) groups excluding carboxylic acids is 1. The molecule has 0 bridgehead atoms. The largest absolute Gasteiger partial charge is 0.492 e. The third-order valence-corrected chi connectivity index (χ3v) is 4.29. The number of likely N-dealkylation sites (N-methyl/N-ethyl adjacent to an activating group) is 1. The molecule has 1 amide bonds. The minimum Gasteiger partial charge on any atom is -0.492 e. The number of hydrogen-bond donors (Lipinski definition) is 1. The molecular weight excluding hydrogens is 334 g/mol. The Morgan fingerprint density at radius 3 is 2.68 bits per heavy atom. The summed E-state index contributed by atoms with van der Waals surface area (Å²) in [7, 11) is 1.88. The van der Waals surface area contributed by atoms with Gasteiger partial charge in [0.25, 0.3) is 0 Å². The molecule has 1 N–H and O–H groups in total. The highest BCUT2D eigenvalue weighted by molar-refractivity contribution is 7.99. The number of rotatable bonds is 9. The molecule has 0 unspecified atom stereocenters. The molecule has 0 heterocycles. The summed E-state index contributed by atoms with van der Waals surface area (Å²) in [5, 5.41) is 11.6. The zero-order chi connectivity index (χ0) is 17.9. The van der Waals surface area contributed by atoms with Gasteiger partial charge in [0.1, 0.15) is 12.4 Å². The van der Waals surface area contributed by atoms with E-state index in [0.29, 0.717) is 18.9 Å². The van der Waals surface area contributed by atoms with Gasteiger partial charge in [-0.2, -0.15) is 5.26 Å². The topological polar surface area (TPSA) is 65.4 Å². The highest BCUT2D eigenvalue weighted by Crippen LogP contribution is 2.26. The zero-order valence-corrected chi connectivity index (χ0v) is 15.0. The van der Waals surface area contributed by atoms with Gasteiger partial charge in [-0.3, -0.25) is 9.69 Å². The van der Waals surface area contributed by atoms with E-state index < -0.39 is 0 Å². The quantitative estimate of drug-likeness (QED) is 0.700. The monoisotopic (exact) mass is 355 g/mol. The number of ether oxygens (including phenoxy) is 1. The van der Waals surface area contributed by atoms with Crippen molar-refractivity contribution < 1.29 is 9.53 Å². The van der Waals surface area contributed by atoms with Crippen LogP contribution in [0.15, 0.2) is 59.5 Å². The molecule has 2 aromatic rings. The molecule has 0 aromatic heterocycles. The lowest BCUT2D eigenvalue weighted by molar-refractivity contribution is -0.117. The van der Waals surface area contributed by atoms with Crippen molar-refractivity contribution in [3.8, 4) is 11.8 Å². The van der Waals surface area contributed by atoms with Gasteiger partial charge in [-0.15, -0.1) is 11.8 Å². The van der Waals surface area contributed by atoms with Crippen molar-refractivity contribution in [1.29, 1.82) is 5.26 Å². The molecule has 5 nitrogen and oxygen atoms in total. The van der Waals surface area contributed by atoms with Gasteiger partial charge in [-0.05, 0) is 31.3 Å². The molecule has 0 saturated heterocycles. The number of amides is 1. The average Bonchev–Trinajstić information content (AvgIpc) is 2.62. The first-order chi connectivity index (χ1) is 12.2. The Labute approximate surface area is 152 Å². The van der Waals surface area contributed by atoms with Gasteiger partial charge < -0.3 is 10.1 Å². The van der Waals surface area contributed by atoms with Crippen molar-refractivity contribution >= 4 is 23.4 Å². The van der Waals surface area contributed by atoms with Crippen molar-refractivity contribution in [3.05, 3.63) is 54.6 Å². The van der Waals surface area contributed by atoms with E-state index in [1.165, 1.54) is 11.8 Å². The summed E-state index contributed by atoms with van der Waals surface area (Å²) in [6.45, 7) is 1.44. The number of nitriles is 1. The van der Waals surface area contributed by atoms with Crippen LogP contribution >= 0.6 is 11.8 Å². The molecule has 0 atom stereocenters. The van der Waals surface area contributed by atoms with Gasteiger partial charge >= 0.3 is 0 Å². The van der Waals surface area contributed by atoms with Crippen LogP contribution in [0, 0.1) is 11.3 Å². The molecule has 0 aliphatic heterocycles. The van der Waals surface area contributed by atoms with E-state index in [0.717, 1.165) is 16.3 Å². The lowest BCUT2D eigenvalue weighted by atomic mass is 10.3. The molecule has 130 valence electrons. The predicted octanol–water partition coefficient (Wildman–Crippen LogP) is 3.25. The summed E-state index contributed by atoms with van der Waals surface area (Å²) >= 11 is 1.41. The summed E-state index contributed by atoms with van der Waals surface area (Å²) in [6.07, 6.45) is 0. The third kappa shape index (κ3) is 6.87. The lowest BCUT2D eigenvalue weighted by Crippen LogP contribution is -2.33. The Hall–Kier alpha value is -2.49. The number of anilines is 1. The summed E-state index contributed by atoms with van der Waals surface area (Å²) in [5.41, 5.74) is 0.738. The van der Waals surface area contributed by atoms with Crippen molar-refractivity contribution in [2.45, 2.75) is 4.90 Å². The smallest absolute Gasteiger partial charge is 0.238 e. The van der Waals surface area contributed by atoms with Crippen LogP contribution < -0.4 is 10.1 Å². The molecule has 0 radical (unpaired) electrons. The highest BCUT2D eigenvalue weighted by Gasteiger charge is 2.10. The molecule has 0 spiro atoms. The molecule has 0 aliphatic carbocycles. The van der Waals surface area contributed by atoms with E-state index in [1.54, 1.807) is 0 Å². The van der Waals surface area contributed by atoms with Gasteiger partial charge in [0.2, 0.25) is 5.91 Å². The average molecular weight is 355 g/mol. The standard InChI is InChI=1S/C19H21N3O2S/c1-22(12-13-24-16-7-3-2-4-8-16)15-19(23)21-17-9-5-6-10-18(17)25-14-11-20/h2-10H,12-15H2,1H3,(H,21,23). The number of para-hydroxylation sites is 2. The van der Waals surface area contributed by atoms with Crippen LogP contribution in [0.4, 0.5) is 5.69 Å². The number of thioether (sulfide) groups is 1. The van der Waals surface area contributed by atoms with Crippen LogP contribution in [0.3, 0.4) is 0 Å². The Morgan fingerprint density at radius 1 is 1.20 bits per heavy atom. The Bertz CT molecular complexity index is 716. The fraction of sp³-hybridized carbons (Fsp3) is 0.263. The first-order valence-electron chi connectivity index (χ1n) is 7.94. The first kappa shape index (κ1) is 18.8. The zero-order valence-electron chi connectivity index (χ0n) is 14.1. The maximum atomic E-state index is 12.2. The molecule has 0 aliphatic rings. The van der Waals surface area contributed by atoms with Crippen LogP contribution in [-0.4, -0.2) is 43.3 Å². The summed E-state index contributed by atoms with van der Waals surface area (Å²) < 4.78 is 5.63. The second-order valence-corrected chi connectivity index (χ2v) is 6.41. The number of nitrogens with one attached hydrogen (secondary N) is 1. The fourth-order valence-corrected chi connectivity index (χ4v) is 2.83. The van der Waals surface area contributed by atoms with E-state index in [4.69, 9.17) is 10.00 Å². The van der Waals surface area contributed by atoms with Crippen molar-refractivity contribution in [2.24, 2.45) is 0 Å². The van der Waals surface area contributed by atoms with Gasteiger partial charge in [0.15, 0.2) is 0 Å². The van der Waals surface area contributed by atoms with Gasteiger partial charge in [-0.1, -0.05) is 30.3 Å². The SMILES string of the molecule is CN(CCOc1ccccc1)CC(=O)Nc1ccccc1SCC#N. The molecule has 0 saturated carbocycles. The van der Waals surface area contributed by atoms with Gasteiger partial charge in [0.05, 0.1) is 24.1 Å². The molecule has 6 heteroatoms. The van der Waals surface area contributed by atoms with E-state index >= 15 is 0 Å².